The fourth-order valence-electron chi connectivity index (χ4n) is 1.70. The van der Waals surface area contributed by atoms with Crippen LogP contribution in [0.4, 0.5) is 0 Å². The Morgan fingerprint density at radius 3 is 2.82 bits per heavy atom. The highest BCUT2D eigenvalue weighted by Gasteiger charge is 2.18. The van der Waals surface area contributed by atoms with Gasteiger partial charge in [0.1, 0.15) is 6.17 Å². The minimum atomic E-state index is -0.0557. The number of H-pyrrole nitrogens is 1. The molecule has 92 valence electrons. The molecule has 0 fully saturated rings. The van der Waals surface area contributed by atoms with Gasteiger partial charge in [0.15, 0.2) is 0 Å². The number of nitrogens with zero attached hydrogens (tertiary/aromatic N) is 3. The Bertz CT molecular complexity index is 419. The van der Waals surface area contributed by atoms with Crippen LogP contribution in [0.5, 0.6) is 0 Å². The van der Waals surface area contributed by atoms with Gasteiger partial charge in [0, 0.05) is 26.0 Å². The molecule has 0 bridgehead atoms. The molecule has 6 heteroatoms. The predicted molar refractivity (Wildman–Crippen MR) is 68.8 cm³/mol. The first-order valence-corrected chi connectivity index (χ1v) is 5.64. The van der Waals surface area contributed by atoms with Crippen molar-refractivity contribution < 1.29 is 0 Å². The van der Waals surface area contributed by atoms with E-state index in [0.29, 0.717) is 0 Å². The third-order valence-corrected chi connectivity index (χ3v) is 2.58. The van der Waals surface area contributed by atoms with Gasteiger partial charge in [-0.05, 0) is 19.1 Å². The van der Waals surface area contributed by atoms with Crippen molar-refractivity contribution in [3.05, 3.63) is 24.0 Å². The first kappa shape index (κ1) is 11.5. The zero-order valence-corrected chi connectivity index (χ0v) is 10.4. The average Bonchev–Trinajstić information content (AvgIpc) is 2.82. The van der Waals surface area contributed by atoms with Gasteiger partial charge in [-0.15, -0.1) is 0 Å². The first-order valence-electron chi connectivity index (χ1n) is 5.64. The molecular weight excluding hydrogens is 216 g/mol. The molecule has 0 aliphatic carbocycles. The molecule has 2 heterocycles. The van der Waals surface area contributed by atoms with Crippen LogP contribution in [0.15, 0.2) is 28.3 Å². The summed E-state index contributed by atoms with van der Waals surface area (Å²) in [6.07, 6.45) is 1.85. The lowest BCUT2D eigenvalue weighted by Gasteiger charge is -2.28. The summed E-state index contributed by atoms with van der Waals surface area (Å²) in [6, 6.07) is 4.01. The van der Waals surface area contributed by atoms with Gasteiger partial charge in [-0.2, -0.15) is 0 Å². The summed E-state index contributed by atoms with van der Waals surface area (Å²) in [6.45, 7) is 2.68. The van der Waals surface area contributed by atoms with Crippen molar-refractivity contribution in [2.75, 3.05) is 14.1 Å². The maximum absolute atomic E-state index is 4.45. The minimum absolute atomic E-state index is 0.0557. The van der Waals surface area contributed by atoms with E-state index in [1.807, 2.05) is 44.2 Å². The Hall–Kier alpha value is -1.98. The molecule has 0 saturated heterocycles. The molecule has 3 N–H and O–H groups in total. The smallest absolute Gasteiger partial charge is 0.203 e. The normalized spacial score (nSPS) is 19.7. The minimum Gasteiger partial charge on any atom is -0.364 e. The Labute approximate surface area is 101 Å². The number of guanidine groups is 2. The molecule has 0 aromatic carbocycles. The molecule has 0 radical (unpaired) electrons. The molecule has 0 amide bonds. The second-order valence-corrected chi connectivity index (χ2v) is 3.90. The molecule has 1 aromatic heterocycles. The lowest BCUT2D eigenvalue weighted by molar-refractivity contribution is 0.595. The van der Waals surface area contributed by atoms with E-state index in [0.717, 1.165) is 24.2 Å². The summed E-state index contributed by atoms with van der Waals surface area (Å²) >= 11 is 0. The highest BCUT2D eigenvalue weighted by molar-refractivity contribution is 5.99. The molecule has 1 atom stereocenters. The molecule has 0 saturated carbocycles. The lowest BCUT2D eigenvalue weighted by Crippen LogP contribution is -2.49. The second kappa shape index (κ2) is 4.90. The quantitative estimate of drug-likeness (QED) is 0.690. The zero-order chi connectivity index (χ0) is 12.3. The van der Waals surface area contributed by atoms with Gasteiger partial charge in [-0.25, -0.2) is 9.98 Å². The summed E-state index contributed by atoms with van der Waals surface area (Å²) in [7, 11) is 3.79. The van der Waals surface area contributed by atoms with Crippen molar-refractivity contribution in [3.63, 3.8) is 0 Å². The van der Waals surface area contributed by atoms with Gasteiger partial charge in [-0.3, -0.25) is 4.90 Å². The van der Waals surface area contributed by atoms with E-state index in [-0.39, 0.29) is 6.17 Å². The van der Waals surface area contributed by atoms with Crippen molar-refractivity contribution in [1.82, 2.24) is 20.5 Å². The van der Waals surface area contributed by atoms with Gasteiger partial charge in [-0.1, -0.05) is 0 Å². The van der Waals surface area contributed by atoms with E-state index in [1.54, 1.807) is 0 Å². The topological polar surface area (TPSA) is 67.8 Å². The fourth-order valence-corrected chi connectivity index (χ4v) is 1.70. The van der Waals surface area contributed by atoms with Gasteiger partial charge >= 0.3 is 0 Å². The lowest BCUT2D eigenvalue weighted by atomic mass is 10.4. The maximum Gasteiger partial charge on any atom is 0.203 e. The number of hydrogen-bond donors (Lipinski definition) is 3. The highest BCUT2D eigenvalue weighted by Crippen LogP contribution is 2.04. The third-order valence-electron chi connectivity index (χ3n) is 2.58. The first-order chi connectivity index (χ1) is 8.20. The van der Waals surface area contributed by atoms with Gasteiger partial charge in [0.05, 0.1) is 6.54 Å². The number of rotatable bonds is 2. The molecule has 2 rings (SSSR count). The molecule has 0 spiro atoms. The molecule has 1 unspecified atom stereocenters. The van der Waals surface area contributed by atoms with Crippen LogP contribution in [0.2, 0.25) is 0 Å². The second-order valence-electron chi connectivity index (χ2n) is 3.90. The Morgan fingerprint density at radius 1 is 1.41 bits per heavy atom. The van der Waals surface area contributed by atoms with Crippen LogP contribution in [0.3, 0.4) is 0 Å². The van der Waals surface area contributed by atoms with Crippen LogP contribution in [0.25, 0.3) is 0 Å². The number of hydrogen-bond acceptors (Lipinski definition) is 5. The van der Waals surface area contributed by atoms with E-state index in [2.05, 4.69) is 25.6 Å². The summed E-state index contributed by atoms with van der Waals surface area (Å²) in [5.41, 5.74) is 1.13. The van der Waals surface area contributed by atoms with Crippen molar-refractivity contribution in [2.45, 2.75) is 19.6 Å². The van der Waals surface area contributed by atoms with Crippen LogP contribution < -0.4 is 10.6 Å². The van der Waals surface area contributed by atoms with Gasteiger partial charge in [0.2, 0.25) is 11.9 Å². The van der Waals surface area contributed by atoms with Crippen LogP contribution in [0.1, 0.15) is 12.6 Å². The molecule has 1 aliphatic rings. The van der Waals surface area contributed by atoms with E-state index in [1.165, 1.54) is 0 Å². The monoisotopic (exact) mass is 234 g/mol. The standard InChI is InChI=1S/C11H18N6/c1-8-15-10(12-2)17(3)11(16-8)14-7-9-5-4-6-13-9/h4-6,8,13H,7H2,1-3H3,(H,12,15)(H,14,16). The fraction of sp³-hybridized carbons (Fsp3) is 0.455. The largest absolute Gasteiger partial charge is 0.364 e. The van der Waals surface area contributed by atoms with Crippen molar-refractivity contribution in [3.8, 4) is 0 Å². The molecule has 17 heavy (non-hydrogen) atoms. The molecule has 1 aliphatic heterocycles. The highest BCUT2D eigenvalue weighted by atomic mass is 15.4. The zero-order valence-electron chi connectivity index (χ0n) is 10.4. The summed E-state index contributed by atoms with van der Waals surface area (Å²) < 4.78 is 0. The summed E-state index contributed by atoms with van der Waals surface area (Å²) in [5.74, 6) is 1.65. The Balaban J connectivity index is 2.00. The van der Waals surface area contributed by atoms with E-state index < -0.39 is 0 Å². The Morgan fingerprint density at radius 2 is 2.18 bits per heavy atom. The number of aromatic nitrogens is 1. The Kier molecular flexibility index (Phi) is 3.32. The maximum atomic E-state index is 4.45. The third kappa shape index (κ3) is 2.58. The number of aliphatic imine (C=N–C) groups is 2. The number of nitrogens with one attached hydrogen (secondary N) is 3. The van der Waals surface area contributed by atoms with Crippen LogP contribution in [-0.2, 0) is 6.54 Å². The average molecular weight is 234 g/mol. The summed E-state index contributed by atoms with van der Waals surface area (Å²) in [5, 5.41) is 6.35. The molecular formula is C11H18N6. The van der Waals surface area contributed by atoms with E-state index >= 15 is 0 Å². The van der Waals surface area contributed by atoms with Crippen LogP contribution in [0, 0.1) is 0 Å². The van der Waals surface area contributed by atoms with Crippen LogP contribution >= 0.6 is 0 Å². The van der Waals surface area contributed by atoms with Crippen molar-refractivity contribution in [2.24, 2.45) is 9.98 Å². The van der Waals surface area contributed by atoms with E-state index in [4.69, 9.17) is 0 Å². The number of aromatic amines is 1. The van der Waals surface area contributed by atoms with E-state index in [9.17, 15) is 0 Å². The summed E-state index contributed by atoms with van der Waals surface area (Å²) in [4.78, 5) is 13.9. The molecule has 1 aromatic rings. The SMILES string of the molecule is CNC1=NC(C)N=C(NCc2ccc[nH]2)N1C. The van der Waals surface area contributed by atoms with Crippen molar-refractivity contribution in [1.29, 1.82) is 0 Å². The van der Waals surface area contributed by atoms with Crippen LogP contribution in [-0.4, -0.2) is 42.1 Å². The van der Waals surface area contributed by atoms with Crippen molar-refractivity contribution >= 4 is 11.9 Å². The van der Waals surface area contributed by atoms with Gasteiger partial charge < -0.3 is 15.6 Å². The molecule has 6 nitrogen and oxygen atoms in total. The van der Waals surface area contributed by atoms with Gasteiger partial charge in [0.25, 0.3) is 0 Å². The predicted octanol–water partition coefficient (Wildman–Crippen LogP) is 0.327.